The number of rotatable bonds is 6. The monoisotopic (exact) mass is 370 g/mol. The van der Waals surface area contributed by atoms with E-state index in [2.05, 4.69) is 12.2 Å². The SMILES string of the molecule is CCC(NC(=O)C1CCN(C(=O)c2ccco2)CC1)c1ccc(OC)cc1. The zero-order valence-electron chi connectivity index (χ0n) is 15.8. The van der Waals surface area contributed by atoms with E-state index in [1.165, 1.54) is 6.26 Å². The van der Waals surface area contributed by atoms with Crippen LogP contribution in [0.3, 0.4) is 0 Å². The summed E-state index contributed by atoms with van der Waals surface area (Å²) >= 11 is 0. The van der Waals surface area contributed by atoms with Crippen LogP contribution in [0.1, 0.15) is 48.3 Å². The number of ether oxygens (including phenoxy) is 1. The summed E-state index contributed by atoms with van der Waals surface area (Å²) in [6.45, 7) is 3.19. The molecule has 1 unspecified atom stereocenters. The maximum Gasteiger partial charge on any atom is 0.289 e. The molecule has 1 aromatic heterocycles. The molecule has 1 N–H and O–H groups in total. The van der Waals surface area contributed by atoms with E-state index < -0.39 is 0 Å². The first-order valence-electron chi connectivity index (χ1n) is 9.39. The molecule has 2 heterocycles. The zero-order valence-corrected chi connectivity index (χ0v) is 15.8. The van der Waals surface area contributed by atoms with Crippen molar-refractivity contribution < 1.29 is 18.7 Å². The van der Waals surface area contributed by atoms with Crippen molar-refractivity contribution in [3.8, 4) is 5.75 Å². The summed E-state index contributed by atoms with van der Waals surface area (Å²) in [5.74, 6) is 1.03. The molecule has 27 heavy (non-hydrogen) atoms. The summed E-state index contributed by atoms with van der Waals surface area (Å²) in [6, 6.07) is 11.1. The lowest BCUT2D eigenvalue weighted by atomic mass is 9.94. The van der Waals surface area contributed by atoms with Gasteiger partial charge < -0.3 is 19.4 Å². The topological polar surface area (TPSA) is 71.8 Å². The Hall–Kier alpha value is -2.76. The number of methoxy groups -OCH3 is 1. The van der Waals surface area contributed by atoms with Crippen molar-refractivity contribution in [3.05, 3.63) is 54.0 Å². The molecule has 0 aliphatic carbocycles. The number of furan rings is 1. The summed E-state index contributed by atoms with van der Waals surface area (Å²) in [7, 11) is 1.64. The number of likely N-dealkylation sites (tertiary alicyclic amines) is 1. The van der Waals surface area contributed by atoms with Crippen LogP contribution in [0.15, 0.2) is 47.1 Å². The van der Waals surface area contributed by atoms with E-state index in [0.29, 0.717) is 31.7 Å². The maximum absolute atomic E-state index is 12.7. The first-order valence-corrected chi connectivity index (χ1v) is 9.39. The third-order valence-electron chi connectivity index (χ3n) is 5.13. The highest BCUT2D eigenvalue weighted by Crippen LogP contribution is 2.23. The van der Waals surface area contributed by atoms with Gasteiger partial charge in [-0.2, -0.15) is 0 Å². The minimum absolute atomic E-state index is 0.0220. The fourth-order valence-corrected chi connectivity index (χ4v) is 3.45. The Morgan fingerprint density at radius 1 is 1.22 bits per heavy atom. The van der Waals surface area contributed by atoms with E-state index in [4.69, 9.17) is 9.15 Å². The van der Waals surface area contributed by atoms with Gasteiger partial charge in [-0.3, -0.25) is 9.59 Å². The van der Waals surface area contributed by atoms with Gasteiger partial charge in [0.05, 0.1) is 19.4 Å². The number of carbonyl (C=O) groups is 2. The zero-order chi connectivity index (χ0) is 19.2. The molecule has 2 amide bonds. The van der Waals surface area contributed by atoms with Crippen LogP contribution in [0, 0.1) is 5.92 Å². The molecular weight excluding hydrogens is 344 g/mol. The van der Waals surface area contributed by atoms with E-state index in [0.717, 1.165) is 17.7 Å². The Morgan fingerprint density at radius 2 is 1.93 bits per heavy atom. The van der Waals surface area contributed by atoms with Crippen LogP contribution in [0.4, 0.5) is 0 Å². The molecule has 0 saturated carbocycles. The highest BCUT2D eigenvalue weighted by Gasteiger charge is 2.29. The van der Waals surface area contributed by atoms with Crippen LogP contribution in [-0.4, -0.2) is 36.9 Å². The van der Waals surface area contributed by atoms with Crippen LogP contribution in [0.5, 0.6) is 5.75 Å². The normalized spacial score (nSPS) is 16.0. The second kappa shape index (κ2) is 8.75. The number of carbonyl (C=O) groups excluding carboxylic acids is 2. The highest BCUT2D eigenvalue weighted by atomic mass is 16.5. The molecule has 1 aromatic carbocycles. The number of hydrogen-bond donors (Lipinski definition) is 1. The van der Waals surface area contributed by atoms with Gasteiger partial charge in [-0.1, -0.05) is 19.1 Å². The van der Waals surface area contributed by atoms with Crippen molar-refractivity contribution in [1.29, 1.82) is 0 Å². The van der Waals surface area contributed by atoms with Crippen LogP contribution >= 0.6 is 0 Å². The van der Waals surface area contributed by atoms with E-state index in [1.54, 1.807) is 24.1 Å². The lowest BCUT2D eigenvalue weighted by Crippen LogP contribution is -2.43. The Bertz CT molecular complexity index is 747. The summed E-state index contributed by atoms with van der Waals surface area (Å²) < 4.78 is 10.4. The van der Waals surface area contributed by atoms with Crippen molar-refractivity contribution >= 4 is 11.8 Å². The number of nitrogens with zero attached hydrogens (tertiary/aromatic N) is 1. The standard InChI is InChI=1S/C21H26N2O4/c1-3-18(15-6-8-17(26-2)9-7-15)22-20(24)16-10-12-23(13-11-16)21(25)19-5-4-14-27-19/h4-9,14,16,18H,3,10-13H2,1-2H3,(H,22,24). The van der Waals surface area contributed by atoms with Crippen molar-refractivity contribution in [2.75, 3.05) is 20.2 Å². The molecule has 3 rings (SSSR count). The van der Waals surface area contributed by atoms with E-state index in [1.807, 2.05) is 24.3 Å². The maximum atomic E-state index is 12.7. The molecule has 1 aliphatic rings. The van der Waals surface area contributed by atoms with Crippen molar-refractivity contribution in [3.63, 3.8) is 0 Å². The van der Waals surface area contributed by atoms with Gasteiger partial charge in [0.2, 0.25) is 5.91 Å². The molecule has 1 aliphatic heterocycles. The Labute approximate surface area is 159 Å². The molecule has 0 spiro atoms. The molecule has 0 radical (unpaired) electrons. The van der Waals surface area contributed by atoms with Gasteiger partial charge >= 0.3 is 0 Å². The molecule has 1 fully saturated rings. The third kappa shape index (κ3) is 4.51. The predicted molar refractivity (Wildman–Crippen MR) is 102 cm³/mol. The van der Waals surface area contributed by atoms with E-state index in [9.17, 15) is 9.59 Å². The summed E-state index contributed by atoms with van der Waals surface area (Å²) in [5.41, 5.74) is 1.07. The van der Waals surface area contributed by atoms with Crippen LogP contribution in [0.2, 0.25) is 0 Å². The van der Waals surface area contributed by atoms with E-state index in [-0.39, 0.29) is 23.8 Å². The quantitative estimate of drug-likeness (QED) is 0.846. The van der Waals surface area contributed by atoms with Crippen molar-refractivity contribution in [1.82, 2.24) is 10.2 Å². The average molecular weight is 370 g/mol. The fourth-order valence-electron chi connectivity index (χ4n) is 3.45. The van der Waals surface area contributed by atoms with Gasteiger partial charge in [0.25, 0.3) is 5.91 Å². The Morgan fingerprint density at radius 3 is 2.48 bits per heavy atom. The smallest absolute Gasteiger partial charge is 0.289 e. The minimum atomic E-state index is -0.108. The molecule has 144 valence electrons. The van der Waals surface area contributed by atoms with Gasteiger partial charge in [0.15, 0.2) is 5.76 Å². The highest BCUT2D eigenvalue weighted by molar-refractivity contribution is 5.91. The minimum Gasteiger partial charge on any atom is -0.497 e. The van der Waals surface area contributed by atoms with Crippen molar-refractivity contribution in [2.45, 2.75) is 32.2 Å². The number of amides is 2. The van der Waals surface area contributed by atoms with Gasteiger partial charge in [-0.15, -0.1) is 0 Å². The Balaban J connectivity index is 1.54. The van der Waals surface area contributed by atoms with Crippen molar-refractivity contribution in [2.24, 2.45) is 5.92 Å². The number of benzene rings is 1. The first kappa shape index (κ1) is 19.0. The fraction of sp³-hybridized carbons (Fsp3) is 0.429. The van der Waals surface area contributed by atoms with Crippen LogP contribution in [0.25, 0.3) is 0 Å². The van der Waals surface area contributed by atoms with Gasteiger partial charge in [-0.25, -0.2) is 0 Å². The number of nitrogens with one attached hydrogen (secondary N) is 1. The first-order chi connectivity index (χ1) is 13.1. The molecule has 2 aromatic rings. The molecule has 0 bridgehead atoms. The lowest BCUT2D eigenvalue weighted by molar-refractivity contribution is -0.127. The largest absolute Gasteiger partial charge is 0.497 e. The molecular formula is C21H26N2O4. The molecule has 1 atom stereocenters. The summed E-state index contributed by atoms with van der Waals surface area (Å²) in [6.07, 6.45) is 3.64. The van der Waals surface area contributed by atoms with Crippen LogP contribution in [-0.2, 0) is 4.79 Å². The summed E-state index contributed by atoms with van der Waals surface area (Å²) in [4.78, 5) is 26.8. The van der Waals surface area contributed by atoms with Gasteiger partial charge in [0.1, 0.15) is 5.75 Å². The Kier molecular flexibility index (Phi) is 6.16. The van der Waals surface area contributed by atoms with Gasteiger partial charge in [-0.05, 0) is 49.1 Å². The summed E-state index contributed by atoms with van der Waals surface area (Å²) in [5, 5.41) is 3.16. The molecule has 1 saturated heterocycles. The number of hydrogen-bond acceptors (Lipinski definition) is 4. The second-order valence-electron chi connectivity index (χ2n) is 6.79. The van der Waals surface area contributed by atoms with E-state index >= 15 is 0 Å². The lowest BCUT2D eigenvalue weighted by Gasteiger charge is -2.31. The molecule has 6 heteroatoms. The van der Waals surface area contributed by atoms with Crippen LogP contribution < -0.4 is 10.1 Å². The second-order valence-corrected chi connectivity index (χ2v) is 6.79. The van der Waals surface area contributed by atoms with Gasteiger partial charge in [0, 0.05) is 19.0 Å². The third-order valence-corrected chi connectivity index (χ3v) is 5.13. The average Bonchev–Trinajstić information content (AvgIpc) is 3.26. The number of piperidine rings is 1. The predicted octanol–water partition coefficient (Wildman–Crippen LogP) is 3.41. The molecule has 6 nitrogen and oxygen atoms in total.